The van der Waals surface area contributed by atoms with Crippen molar-refractivity contribution in [1.82, 2.24) is 4.98 Å². The maximum absolute atomic E-state index is 12.1. The molecular weight excluding hydrogens is 328 g/mol. The maximum atomic E-state index is 12.1. The van der Waals surface area contributed by atoms with Gasteiger partial charge in [-0.3, -0.25) is 4.79 Å². The molecule has 0 fully saturated rings. The number of amidine groups is 1. The van der Waals surface area contributed by atoms with Gasteiger partial charge in [-0.1, -0.05) is 23.7 Å². The Kier molecular flexibility index (Phi) is 4.96. The van der Waals surface area contributed by atoms with Gasteiger partial charge in [0.25, 0.3) is 11.9 Å². The number of aromatic nitrogens is 1. The van der Waals surface area contributed by atoms with Crippen LogP contribution in [0.15, 0.2) is 47.6 Å². The van der Waals surface area contributed by atoms with E-state index >= 15 is 0 Å². The summed E-state index contributed by atoms with van der Waals surface area (Å²) >= 11 is 5.76. The lowest BCUT2D eigenvalue weighted by Crippen LogP contribution is -2.13. The lowest BCUT2D eigenvalue weighted by molar-refractivity contribution is 0.102. The van der Waals surface area contributed by atoms with Crippen LogP contribution in [0.3, 0.4) is 0 Å². The normalized spacial score (nSPS) is 16.4. The number of ether oxygens (including phenoxy) is 1. The van der Waals surface area contributed by atoms with Crippen LogP contribution in [0.4, 0.5) is 5.69 Å². The van der Waals surface area contributed by atoms with E-state index in [0.29, 0.717) is 23.0 Å². The molecule has 2 aromatic rings. The zero-order valence-electron chi connectivity index (χ0n) is 12.9. The fourth-order valence-electron chi connectivity index (χ4n) is 2.38. The zero-order valence-corrected chi connectivity index (χ0v) is 13.7. The second-order valence-electron chi connectivity index (χ2n) is 5.48. The lowest BCUT2D eigenvalue weighted by atomic mass is 10.1. The Bertz CT molecular complexity index is 744. The quantitative estimate of drug-likeness (QED) is 0.872. The summed E-state index contributed by atoms with van der Waals surface area (Å²) in [5.41, 5.74) is 7.69. The molecule has 1 aliphatic heterocycles. The van der Waals surface area contributed by atoms with Crippen LogP contribution in [-0.2, 0) is 11.2 Å². The van der Waals surface area contributed by atoms with Gasteiger partial charge in [0.1, 0.15) is 12.3 Å². The monoisotopic (exact) mass is 344 g/mol. The number of aryl methyl sites for hydroxylation is 1. The van der Waals surface area contributed by atoms with E-state index in [1.807, 2.05) is 24.3 Å². The van der Waals surface area contributed by atoms with E-state index < -0.39 is 0 Å². The van der Waals surface area contributed by atoms with Crippen LogP contribution in [0, 0.1) is 0 Å². The minimum absolute atomic E-state index is 0.125. The zero-order chi connectivity index (χ0) is 16.9. The van der Waals surface area contributed by atoms with Gasteiger partial charge in [-0.15, -0.1) is 0 Å². The number of hydrogen-bond donors (Lipinski definition) is 2. The van der Waals surface area contributed by atoms with Gasteiger partial charge in [0.05, 0.1) is 11.1 Å². The number of pyridine rings is 1. The van der Waals surface area contributed by atoms with Gasteiger partial charge in [0.2, 0.25) is 0 Å². The van der Waals surface area contributed by atoms with E-state index in [2.05, 4.69) is 15.3 Å². The summed E-state index contributed by atoms with van der Waals surface area (Å²) in [6.45, 7) is 0.550. The number of nitrogens with two attached hydrogens (primary N) is 1. The Labute approximate surface area is 144 Å². The van der Waals surface area contributed by atoms with Crippen LogP contribution in [0.1, 0.15) is 22.5 Å². The first-order valence-electron chi connectivity index (χ1n) is 7.58. The fourth-order valence-corrected chi connectivity index (χ4v) is 2.49. The Morgan fingerprint density at radius 2 is 2.08 bits per heavy atom. The van der Waals surface area contributed by atoms with Crippen molar-refractivity contribution in [2.75, 3.05) is 11.9 Å². The number of hydrogen-bond acceptors (Lipinski definition) is 5. The van der Waals surface area contributed by atoms with Crippen LogP contribution in [-0.4, -0.2) is 29.6 Å². The van der Waals surface area contributed by atoms with Crippen molar-refractivity contribution in [3.63, 3.8) is 0 Å². The van der Waals surface area contributed by atoms with Crippen molar-refractivity contribution >= 4 is 29.2 Å². The number of nitrogens with one attached hydrogen (secondary N) is 1. The number of amides is 1. The molecule has 124 valence electrons. The number of carbonyl (C=O) groups is 1. The van der Waals surface area contributed by atoms with Crippen molar-refractivity contribution in [1.29, 1.82) is 0 Å². The third-order valence-electron chi connectivity index (χ3n) is 3.67. The minimum atomic E-state index is -0.271. The number of halogens is 1. The predicted octanol–water partition coefficient (Wildman–Crippen LogP) is 2.63. The average molecular weight is 345 g/mol. The first-order chi connectivity index (χ1) is 11.6. The van der Waals surface area contributed by atoms with Crippen LogP contribution in [0.25, 0.3) is 0 Å². The van der Waals surface area contributed by atoms with Crippen LogP contribution in [0.2, 0.25) is 5.02 Å². The Morgan fingerprint density at radius 3 is 2.71 bits per heavy atom. The van der Waals surface area contributed by atoms with E-state index in [1.54, 1.807) is 12.1 Å². The van der Waals surface area contributed by atoms with E-state index in [4.69, 9.17) is 22.1 Å². The van der Waals surface area contributed by atoms with Crippen LogP contribution >= 0.6 is 11.6 Å². The summed E-state index contributed by atoms with van der Waals surface area (Å²) in [7, 11) is 0. The molecule has 1 aliphatic rings. The number of anilines is 1. The molecule has 1 aromatic carbocycles. The van der Waals surface area contributed by atoms with E-state index in [9.17, 15) is 4.79 Å². The van der Waals surface area contributed by atoms with Gasteiger partial charge < -0.3 is 15.8 Å². The van der Waals surface area contributed by atoms with Gasteiger partial charge in [-0.05, 0) is 42.7 Å². The molecule has 1 atom stereocenters. The molecule has 3 N–H and O–H groups in total. The minimum Gasteiger partial charge on any atom is -0.463 e. The van der Waals surface area contributed by atoms with Crippen LogP contribution < -0.4 is 11.1 Å². The fraction of sp³-hybridized carbons (Fsp3) is 0.235. The predicted molar refractivity (Wildman–Crippen MR) is 93.3 cm³/mol. The molecule has 6 nitrogen and oxygen atoms in total. The highest BCUT2D eigenvalue weighted by Gasteiger charge is 2.16. The number of rotatable bonds is 5. The van der Waals surface area contributed by atoms with Gasteiger partial charge in [0.15, 0.2) is 0 Å². The summed E-state index contributed by atoms with van der Waals surface area (Å²) in [4.78, 5) is 20.3. The molecular formula is C17H17ClN4O2. The second kappa shape index (κ2) is 7.31. The molecule has 7 heteroatoms. The number of benzene rings is 1. The highest BCUT2D eigenvalue weighted by molar-refractivity contribution is 6.30. The summed E-state index contributed by atoms with van der Waals surface area (Å²) < 4.78 is 5.13. The molecule has 24 heavy (non-hydrogen) atoms. The molecule has 0 aliphatic carbocycles. The maximum Gasteiger partial charge on any atom is 0.282 e. The molecule has 0 saturated heterocycles. The van der Waals surface area contributed by atoms with Gasteiger partial charge >= 0.3 is 0 Å². The molecule has 0 unspecified atom stereocenters. The molecule has 0 saturated carbocycles. The number of aliphatic imine (C=N–C) groups is 1. The van der Waals surface area contributed by atoms with Crippen molar-refractivity contribution < 1.29 is 9.53 Å². The number of nitrogens with zero attached hydrogens (tertiary/aromatic N) is 2. The molecule has 0 radical (unpaired) electrons. The van der Waals surface area contributed by atoms with Crippen molar-refractivity contribution in [2.45, 2.75) is 18.9 Å². The van der Waals surface area contributed by atoms with Crippen LogP contribution in [0.5, 0.6) is 0 Å². The Hall–Kier alpha value is -2.60. The highest BCUT2D eigenvalue weighted by atomic mass is 35.5. The van der Waals surface area contributed by atoms with Crippen molar-refractivity contribution in [3.05, 3.63) is 58.9 Å². The Balaban J connectivity index is 1.54. The van der Waals surface area contributed by atoms with Gasteiger partial charge in [-0.2, -0.15) is 0 Å². The van der Waals surface area contributed by atoms with E-state index in [1.165, 1.54) is 11.8 Å². The first kappa shape index (κ1) is 16.3. The summed E-state index contributed by atoms with van der Waals surface area (Å²) in [6, 6.07) is 11.3. The molecule has 0 spiro atoms. The molecule has 1 aromatic heterocycles. The smallest absolute Gasteiger partial charge is 0.282 e. The SMILES string of the molecule is NC1=N[C@@H](CCc2ccc(NC(=O)c3ccc(Cl)cn3)cc2)CO1. The highest BCUT2D eigenvalue weighted by Crippen LogP contribution is 2.15. The molecule has 2 heterocycles. The third-order valence-corrected chi connectivity index (χ3v) is 3.90. The number of carbonyl (C=O) groups excluding carboxylic acids is 1. The Morgan fingerprint density at radius 1 is 1.29 bits per heavy atom. The lowest BCUT2D eigenvalue weighted by Gasteiger charge is -2.08. The summed E-state index contributed by atoms with van der Waals surface area (Å²) in [5, 5.41) is 3.30. The largest absolute Gasteiger partial charge is 0.463 e. The third kappa shape index (κ3) is 4.23. The summed E-state index contributed by atoms with van der Waals surface area (Å²) in [5.74, 6) is -0.271. The van der Waals surface area contributed by atoms with E-state index in [0.717, 1.165) is 12.8 Å². The second-order valence-corrected chi connectivity index (χ2v) is 5.92. The molecule has 0 bridgehead atoms. The van der Waals surface area contributed by atoms with Crippen molar-refractivity contribution in [3.8, 4) is 0 Å². The average Bonchev–Trinajstić information content (AvgIpc) is 3.00. The molecule has 1 amide bonds. The van der Waals surface area contributed by atoms with Gasteiger partial charge in [0, 0.05) is 11.9 Å². The van der Waals surface area contributed by atoms with Crippen molar-refractivity contribution in [2.24, 2.45) is 10.7 Å². The standard InChI is InChI=1S/C17H17ClN4O2/c18-12-4-8-15(20-9-12)16(23)21-13-5-1-11(2-6-13)3-7-14-10-24-17(19)22-14/h1-2,4-6,8-9,14H,3,7,10H2,(H2,19,22)(H,21,23)/t14-/m0/s1. The van der Waals surface area contributed by atoms with E-state index in [-0.39, 0.29) is 18.0 Å². The molecule has 3 rings (SSSR count). The summed E-state index contributed by atoms with van der Waals surface area (Å²) in [6.07, 6.45) is 3.19. The topological polar surface area (TPSA) is 89.6 Å². The van der Waals surface area contributed by atoms with Gasteiger partial charge in [-0.25, -0.2) is 9.98 Å². The first-order valence-corrected chi connectivity index (χ1v) is 7.96.